The zero-order chi connectivity index (χ0) is 14.3. The summed E-state index contributed by atoms with van der Waals surface area (Å²) in [5, 5.41) is 5.75. The van der Waals surface area contributed by atoms with Crippen LogP contribution in [0.3, 0.4) is 0 Å². The first-order valence-electron chi connectivity index (χ1n) is 6.94. The molecule has 2 bridgehead atoms. The molecule has 2 rings (SSSR count). The van der Waals surface area contributed by atoms with Crippen LogP contribution in [0.15, 0.2) is 0 Å². The fourth-order valence-corrected chi connectivity index (χ4v) is 3.47. The first kappa shape index (κ1) is 14.2. The number of rotatable bonds is 2. The van der Waals surface area contributed by atoms with Gasteiger partial charge in [-0.15, -0.1) is 0 Å². The molecule has 0 heterocycles. The van der Waals surface area contributed by atoms with Crippen LogP contribution in [0.25, 0.3) is 0 Å². The van der Waals surface area contributed by atoms with Crippen LogP contribution in [0.5, 0.6) is 0 Å². The van der Waals surface area contributed by atoms with E-state index in [0.717, 1.165) is 32.1 Å². The van der Waals surface area contributed by atoms with Crippen molar-refractivity contribution in [3.8, 4) is 0 Å². The molecule has 2 saturated carbocycles. The number of nitrogens with one attached hydrogen (secondary N) is 2. The molecule has 0 aliphatic heterocycles. The number of carbonyl (C=O) groups is 2. The lowest BCUT2D eigenvalue weighted by Crippen LogP contribution is -2.47. The van der Waals surface area contributed by atoms with Crippen LogP contribution >= 0.6 is 0 Å². The zero-order valence-corrected chi connectivity index (χ0v) is 12.3. The first-order valence-corrected chi connectivity index (χ1v) is 6.94. The van der Waals surface area contributed by atoms with Crippen LogP contribution < -0.4 is 10.6 Å². The van der Waals surface area contributed by atoms with E-state index >= 15 is 0 Å². The maximum atomic E-state index is 12.0. The summed E-state index contributed by atoms with van der Waals surface area (Å²) in [4.78, 5) is 23.9. The molecule has 2 amide bonds. The molecule has 5 heteroatoms. The lowest BCUT2D eigenvalue weighted by molar-refractivity contribution is -0.130. The van der Waals surface area contributed by atoms with Gasteiger partial charge >= 0.3 is 6.09 Å². The average molecular weight is 268 g/mol. The fourth-order valence-electron chi connectivity index (χ4n) is 3.47. The largest absolute Gasteiger partial charge is 0.444 e. The number of hydrogen-bond acceptors (Lipinski definition) is 3. The van der Waals surface area contributed by atoms with E-state index in [1.165, 1.54) is 0 Å². The summed E-state index contributed by atoms with van der Waals surface area (Å²) < 4.78 is 5.31. The maximum Gasteiger partial charge on any atom is 0.408 e. The third-order valence-electron chi connectivity index (χ3n) is 4.32. The van der Waals surface area contributed by atoms with Crippen molar-refractivity contribution in [1.82, 2.24) is 10.6 Å². The molecule has 0 aromatic rings. The van der Waals surface area contributed by atoms with Crippen LogP contribution in [0.4, 0.5) is 4.79 Å². The normalized spacial score (nSPS) is 33.1. The number of amides is 2. The standard InChI is InChI=1S/C14H24N2O3/c1-12(2,3)19-11(18)16-14-7-5-13(9-14,6-8-14)10(17)15-4/h5-9H2,1-4H3,(H,15,17)(H,16,18). The molecule has 0 aromatic heterocycles. The van der Waals surface area contributed by atoms with Gasteiger partial charge in [0.05, 0.1) is 5.41 Å². The molecule has 2 aliphatic rings. The average Bonchev–Trinajstić information content (AvgIpc) is 2.81. The van der Waals surface area contributed by atoms with Crippen molar-refractivity contribution in [2.45, 2.75) is 64.0 Å². The van der Waals surface area contributed by atoms with Gasteiger partial charge in [-0.2, -0.15) is 0 Å². The topological polar surface area (TPSA) is 67.4 Å². The summed E-state index contributed by atoms with van der Waals surface area (Å²) in [6.07, 6.45) is 3.78. The van der Waals surface area contributed by atoms with E-state index < -0.39 is 5.60 Å². The molecule has 2 fully saturated rings. The highest BCUT2D eigenvalue weighted by Gasteiger charge is 2.58. The van der Waals surface area contributed by atoms with E-state index in [0.29, 0.717) is 0 Å². The Hall–Kier alpha value is -1.26. The van der Waals surface area contributed by atoms with Gasteiger partial charge in [-0.25, -0.2) is 4.79 Å². The van der Waals surface area contributed by atoms with Gasteiger partial charge in [-0.05, 0) is 52.9 Å². The van der Waals surface area contributed by atoms with Crippen LogP contribution in [0.1, 0.15) is 52.9 Å². The fraction of sp³-hybridized carbons (Fsp3) is 0.857. The van der Waals surface area contributed by atoms with Gasteiger partial charge in [0.15, 0.2) is 0 Å². The number of fused-ring (bicyclic) bond motifs is 2. The van der Waals surface area contributed by atoms with Gasteiger partial charge in [-0.1, -0.05) is 0 Å². The highest BCUT2D eigenvalue weighted by molar-refractivity contribution is 5.84. The highest BCUT2D eigenvalue weighted by atomic mass is 16.6. The predicted octanol–water partition coefficient (Wildman–Crippen LogP) is 1.96. The zero-order valence-electron chi connectivity index (χ0n) is 12.3. The predicted molar refractivity (Wildman–Crippen MR) is 71.7 cm³/mol. The summed E-state index contributed by atoms with van der Waals surface area (Å²) >= 11 is 0. The smallest absolute Gasteiger partial charge is 0.408 e. The van der Waals surface area contributed by atoms with Crippen LogP contribution in [-0.2, 0) is 9.53 Å². The molecule has 0 radical (unpaired) electrons. The molecule has 108 valence electrons. The molecule has 0 aromatic carbocycles. The van der Waals surface area contributed by atoms with Crippen LogP contribution in [0.2, 0.25) is 0 Å². The quantitative estimate of drug-likeness (QED) is 0.804. The van der Waals surface area contributed by atoms with Crippen molar-refractivity contribution in [3.63, 3.8) is 0 Å². The molecule has 2 N–H and O–H groups in total. The van der Waals surface area contributed by atoms with E-state index in [1.54, 1.807) is 7.05 Å². The maximum absolute atomic E-state index is 12.0. The second kappa shape index (κ2) is 4.39. The second-order valence-corrected chi connectivity index (χ2v) is 6.94. The minimum Gasteiger partial charge on any atom is -0.444 e. The van der Waals surface area contributed by atoms with Crippen molar-refractivity contribution < 1.29 is 14.3 Å². The summed E-state index contributed by atoms with van der Waals surface area (Å²) in [7, 11) is 1.68. The Labute approximate surface area is 114 Å². The second-order valence-electron chi connectivity index (χ2n) is 6.94. The van der Waals surface area contributed by atoms with Crippen LogP contribution in [0, 0.1) is 5.41 Å². The molecule has 0 spiro atoms. The molecular weight excluding hydrogens is 244 g/mol. The van der Waals surface area contributed by atoms with E-state index in [-0.39, 0.29) is 23.0 Å². The molecule has 2 aliphatic carbocycles. The number of ether oxygens (including phenoxy) is 1. The third kappa shape index (κ3) is 2.69. The van der Waals surface area contributed by atoms with Crippen LogP contribution in [-0.4, -0.2) is 30.2 Å². The van der Waals surface area contributed by atoms with Crippen molar-refractivity contribution in [1.29, 1.82) is 0 Å². The van der Waals surface area contributed by atoms with Gasteiger partial charge in [0.2, 0.25) is 5.91 Å². The summed E-state index contributed by atoms with van der Waals surface area (Å²) in [5.74, 6) is 0.109. The van der Waals surface area contributed by atoms with Crippen molar-refractivity contribution in [2.75, 3.05) is 7.05 Å². The van der Waals surface area contributed by atoms with Gasteiger partial charge < -0.3 is 15.4 Å². The molecule has 19 heavy (non-hydrogen) atoms. The number of hydrogen-bond donors (Lipinski definition) is 2. The van der Waals surface area contributed by atoms with E-state index in [2.05, 4.69) is 10.6 Å². The van der Waals surface area contributed by atoms with Gasteiger partial charge in [0.25, 0.3) is 0 Å². The molecule has 0 unspecified atom stereocenters. The van der Waals surface area contributed by atoms with E-state index in [9.17, 15) is 9.59 Å². The Balaban J connectivity index is 2.00. The van der Waals surface area contributed by atoms with Crippen molar-refractivity contribution in [2.24, 2.45) is 5.41 Å². The van der Waals surface area contributed by atoms with Gasteiger partial charge in [-0.3, -0.25) is 4.79 Å². The monoisotopic (exact) mass is 268 g/mol. The van der Waals surface area contributed by atoms with Gasteiger partial charge in [0.1, 0.15) is 5.60 Å². The lowest BCUT2D eigenvalue weighted by Gasteiger charge is -2.29. The summed E-state index contributed by atoms with van der Waals surface area (Å²) in [5.41, 5.74) is -1.01. The Kier molecular flexibility index (Phi) is 3.27. The Morgan fingerprint density at radius 3 is 2.16 bits per heavy atom. The minimum absolute atomic E-state index is 0.109. The molecule has 0 atom stereocenters. The molecule has 5 nitrogen and oxygen atoms in total. The van der Waals surface area contributed by atoms with Crippen molar-refractivity contribution >= 4 is 12.0 Å². The number of alkyl carbamates (subject to hydrolysis) is 1. The Morgan fingerprint density at radius 1 is 1.11 bits per heavy atom. The minimum atomic E-state index is -0.490. The van der Waals surface area contributed by atoms with E-state index in [4.69, 9.17) is 4.74 Å². The number of carbonyl (C=O) groups excluding carboxylic acids is 2. The van der Waals surface area contributed by atoms with Gasteiger partial charge in [0, 0.05) is 12.6 Å². The first-order chi connectivity index (χ1) is 8.70. The SMILES string of the molecule is CNC(=O)C12CCC(NC(=O)OC(C)(C)C)(CC1)C2. The summed E-state index contributed by atoms with van der Waals surface area (Å²) in [6, 6.07) is 0. The Bertz CT molecular complexity index is 390. The highest BCUT2D eigenvalue weighted by Crippen LogP contribution is 2.56. The third-order valence-corrected chi connectivity index (χ3v) is 4.32. The van der Waals surface area contributed by atoms with Crippen molar-refractivity contribution in [3.05, 3.63) is 0 Å². The Morgan fingerprint density at radius 2 is 1.68 bits per heavy atom. The van der Waals surface area contributed by atoms with E-state index in [1.807, 2.05) is 20.8 Å². The summed E-state index contributed by atoms with van der Waals surface area (Å²) in [6.45, 7) is 5.55. The molecule has 0 saturated heterocycles. The molecular formula is C14H24N2O3. The lowest BCUT2D eigenvalue weighted by atomic mass is 9.83.